The molecule has 0 saturated heterocycles. The van der Waals surface area contributed by atoms with Gasteiger partial charge in [0.2, 0.25) is 0 Å². The summed E-state index contributed by atoms with van der Waals surface area (Å²) in [7, 11) is 0. The highest BCUT2D eigenvalue weighted by molar-refractivity contribution is 7.80. The predicted octanol–water partition coefficient (Wildman–Crippen LogP) is 4.86. The van der Waals surface area contributed by atoms with E-state index in [2.05, 4.69) is 24.5 Å². The molecule has 0 fully saturated rings. The second-order valence-electron chi connectivity index (χ2n) is 6.73. The van der Waals surface area contributed by atoms with Gasteiger partial charge in [0.05, 0.1) is 6.61 Å². The van der Waals surface area contributed by atoms with E-state index in [1.165, 1.54) is 0 Å². The van der Waals surface area contributed by atoms with Gasteiger partial charge in [-0.1, -0.05) is 38.1 Å². The maximum atomic E-state index is 12.5. The van der Waals surface area contributed by atoms with Crippen molar-refractivity contribution in [2.24, 2.45) is 5.92 Å². The standard InChI is InChI=1S/C21H26N2O2S/c1-14(2)11-12-25-18-10-6-9-17(13-18)20(24)23-21(26)22-19-15(3)7-5-8-16(19)4/h5-10,13-14H,11-12H2,1-4H3,(H2,22,23,24,26). The molecule has 2 aromatic rings. The fourth-order valence-corrected chi connectivity index (χ4v) is 2.67. The first-order chi connectivity index (χ1) is 12.4. The van der Waals surface area contributed by atoms with Crippen molar-refractivity contribution >= 4 is 28.9 Å². The lowest BCUT2D eigenvalue weighted by molar-refractivity contribution is 0.0977. The Morgan fingerprint density at radius 1 is 1.12 bits per heavy atom. The number of thiocarbonyl (C=S) groups is 1. The van der Waals surface area contributed by atoms with E-state index in [0.717, 1.165) is 23.2 Å². The molecule has 5 heteroatoms. The Balaban J connectivity index is 1.97. The highest BCUT2D eigenvalue weighted by Crippen LogP contribution is 2.19. The number of nitrogens with one attached hydrogen (secondary N) is 2. The van der Waals surface area contributed by atoms with Crippen LogP contribution in [0.2, 0.25) is 0 Å². The Morgan fingerprint density at radius 3 is 2.42 bits per heavy atom. The first-order valence-corrected chi connectivity index (χ1v) is 9.19. The van der Waals surface area contributed by atoms with Crippen LogP contribution in [0.15, 0.2) is 42.5 Å². The van der Waals surface area contributed by atoms with Crippen LogP contribution in [0.4, 0.5) is 5.69 Å². The van der Waals surface area contributed by atoms with Crippen LogP contribution in [-0.4, -0.2) is 17.6 Å². The van der Waals surface area contributed by atoms with E-state index in [-0.39, 0.29) is 11.0 Å². The van der Waals surface area contributed by atoms with Crippen molar-refractivity contribution in [3.63, 3.8) is 0 Å². The van der Waals surface area contributed by atoms with E-state index < -0.39 is 0 Å². The number of rotatable bonds is 6. The molecule has 26 heavy (non-hydrogen) atoms. The maximum absolute atomic E-state index is 12.5. The normalized spacial score (nSPS) is 10.5. The second-order valence-corrected chi connectivity index (χ2v) is 7.14. The van der Waals surface area contributed by atoms with Crippen molar-refractivity contribution in [1.29, 1.82) is 0 Å². The van der Waals surface area contributed by atoms with Crippen LogP contribution in [0.1, 0.15) is 41.8 Å². The van der Waals surface area contributed by atoms with Gasteiger partial charge in [0.25, 0.3) is 5.91 Å². The third-order valence-corrected chi connectivity index (χ3v) is 4.21. The number of anilines is 1. The maximum Gasteiger partial charge on any atom is 0.257 e. The van der Waals surface area contributed by atoms with Crippen LogP contribution in [0.5, 0.6) is 5.75 Å². The molecule has 2 aromatic carbocycles. The Hall–Kier alpha value is -2.40. The van der Waals surface area contributed by atoms with E-state index in [1.807, 2.05) is 44.2 Å². The number of hydrogen-bond acceptors (Lipinski definition) is 3. The quantitative estimate of drug-likeness (QED) is 0.713. The fraction of sp³-hybridized carbons (Fsp3) is 0.333. The second kappa shape index (κ2) is 9.34. The lowest BCUT2D eigenvalue weighted by atomic mass is 10.1. The molecule has 4 nitrogen and oxygen atoms in total. The summed E-state index contributed by atoms with van der Waals surface area (Å²) < 4.78 is 5.71. The highest BCUT2D eigenvalue weighted by atomic mass is 32.1. The molecule has 138 valence electrons. The Bertz CT molecular complexity index is 767. The van der Waals surface area contributed by atoms with Gasteiger partial charge in [-0.05, 0) is 67.7 Å². The Kier molecular flexibility index (Phi) is 7.16. The van der Waals surface area contributed by atoms with E-state index in [9.17, 15) is 4.79 Å². The number of para-hydroxylation sites is 1. The van der Waals surface area contributed by atoms with E-state index >= 15 is 0 Å². The summed E-state index contributed by atoms with van der Waals surface area (Å²) in [5, 5.41) is 6.11. The molecule has 0 aliphatic carbocycles. The third kappa shape index (κ3) is 5.85. The number of aryl methyl sites for hydroxylation is 2. The molecule has 2 N–H and O–H groups in total. The Morgan fingerprint density at radius 2 is 1.77 bits per heavy atom. The molecule has 0 aromatic heterocycles. The van der Waals surface area contributed by atoms with Crippen LogP contribution < -0.4 is 15.4 Å². The summed E-state index contributed by atoms with van der Waals surface area (Å²) in [5.74, 6) is 1.00. The highest BCUT2D eigenvalue weighted by Gasteiger charge is 2.11. The summed E-state index contributed by atoms with van der Waals surface area (Å²) in [5.41, 5.74) is 3.57. The molecule has 0 radical (unpaired) electrons. The summed E-state index contributed by atoms with van der Waals surface area (Å²) in [6.07, 6.45) is 0.972. The minimum atomic E-state index is -0.261. The smallest absolute Gasteiger partial charge is 0.257 e. The zero-order valence-corrected chi connectivity index (χ0v) is 16.6. The number of carbonyl (C=O) groups is 1. The summed E-state index contributed by atoms with van der Waals surface area (Å²) in [4.78, 5) is 12.5. The van der Waals surface area contributed by atoms with Crippen molar-refractivity contribution < 1.29 is 9.53 Å². The average molecular weight is 371 g/mol. The topological polar surface area (TPSA) is 50.4 Å². The molecule has 0 saturated carbocycles. The van der Waals surface area contributed by atoms with Gasteiger partial charge < -0.3 is 10.1 Å². The predicted molar refractivity (Wildman–Crippen MR) is 111 cm³/mol. The van der Waals surface area contributed by atoms with Crippen molar-refractivity contribution in [2.75, 3.05) is 11.9 Å². The minimum Gasteiger partial charge on any atom is -0.494 e. The fourth-order valence-electron chi connectivity index (χ4n) is 2.47. The van der Waals surface area contributed by atoms with Crippen molar-refractivity contribution in [2.45, 2.75) is 34.1 Å². The van der Waals surface area contributed by atoms with Crippen LogP contribution in [0.25, 0.3) is 0 Å². The number of carbonyl (C=O) groups excluding carboxylic acids is 1. The van der Waals surface area contributed by atoms with Crippen LogP contribution >= 0.6 is 12.2 Å². The molecule has 0 spiro atoms. The summed E-state index contributed by atoms with van der Waals surface area (Å²) in [6.45, 7) is 8.93. The van der Waals surface area contributed by atoms with Gasteiger partial charge in [-0.2, -0.15) is 0 Å². The van der Waals surface area contributed by atoms with Gasteiger partial charge >= 0.3 is 0 Å². The number of benzene rings is 2. The summed E-state index contributed by atoms with van der Waals surface area (Å²) in [6, 6.07) is 13.1. The van der Waals surface area contributed by atoms with Gasteiger partial charge in [0.1, 0.15) is 5.75 Å². The molecular formula is C21H26N2O2S. The van der Waals surface area contributed by atoms with E-state index in [4.69, 9.17) is 17.0 Å². The molecule has 2 rings (SSSR count). The molecule has 1 amide bonds. The molecule has 0 aliphatic heterocycles. The monoisotopic (exact) mass is 370 g/mol. The zero-order valence-electron chi connectivity index (χ0n) is 15.8. The SMILES string of the molecule is Cc1cccc(C)c1NC(=S)NC(=O)c1cccc(OCCC(C)C)c1. The van der Waals surface area contributed by atoms with E-state index in [0.29, 0.717) is 23.8 Å². The third-order valence-electron chi connectivity index (χ3n) is 4.01. The van der Waals surface area contributed by atoms with Crippen molar-refractivity contribution in [1.82, 2.24) is 5.32 Å². The van der Waals surface area contributed by atoms with Crippen LogP contribution in [-0.2, 0) is 0 Å². The zero-order chi connectivity index (χ0) is 19.1. The number of hydrogen-bond donors (Lipinski definition) is 2. The molecule has 0 heterocycles. The lowest BCUT2D eigenvalue weighted by Gasteiger charge is -2.14. The summed E-state index contributed by atoms with van der Waals surface area (Å²) >= 11 is 5.29. The lowest BCUT2D eigenvalue weighted by Crippen LogP contribution is -2.34. The van der Waals surface area contributed by atoms with Crippen LogP contribution in [0, 0.1) is 19.8 Å². The van der Waals surface area contributed by atoms with Crippen molar-refractivity contribution in [3.05, 3.63) is 59.2 Å². The van der Waals surface area contributed by atoms with Gasteiger partial charge in [-0.25, -0.2) is 0 Å². The Labute approximate surface area is 161 Å². The molecular weight excluding hydrogens is 344 g/mol. The molecule has 0 aliphatic rings. The van der Waals surface area contributed by atoms with E-state index in [1.54, 1.807) is 12.1 Å². The average Bonchev–Trinajstić information content (AvgIpc) is 2.58. The molecule has 0 bridgehead atoms. The minimum absolute atomic E-state index is 0.261. The van der Waals surface area contributed by atoms with Gasteiger partial charge in [0, 0.05) is 11.3 Å². The first kappa shape index (κ1) is 19.9. The molecule has 0 atom stereocenters. The number of amides is 1. The van der Waals surface area contributed by atoms with Crippen LogP contribution in [0.3, 0.4) is 0 Å². The molecule has 0 unspecified atom stereocenters. The van der Waals surface area contributed by atoms with Crippen molar-refractivity contribution in [3.8, 4) is 5.75 Å². The number of ether oxygens (including phenoxy) is 1. The van der Waals surface area contributed by atoms with Gasteiger partial charge in [0.15, 0.2) is 5.11 Å². The largest absolute Gasteiger partial charge is 0.494 e. The first-order valence-electron chi connectivity index (χ1n) is 8.78. The van der Waals surface area contributed by atoms with Gasteiger partial charge in [-0.15, -0.1) is 0 Å². The van der Waals surface area contributed by atoms with Gasteiger partial charge in [-0.3, -0.25) is 10.1 Å².